The highest BCUT2D eigenvalue weighted by molar-refractivity contribution is 4.76. The molecule has 0 aromatic rings. The molecule has 0 aliphatic rings. The summed E-state index contributed by atoms with van der Waals surface area (Å²) in [5.41, 5.74) is 0. The molecule has 0 fully saturated rings. The van der Waals surface area contributed by atoms with Gasteiger partial charge < -0.3 is 10.2 Å². The molecular formula is C15H35N3. The van der Waals surface area contributed by atoms with Gasteiger partial charge >= 0.3 is 0 Å². The topological polar surface area (TPSA) is 18.5 Å². The van der Waals surface area contributed by atoms with Crippen molar-refractivity contribution in [2.24, 2.45) is 5.92 Å². The molecule has 1 N–H and O–H groups in total. The molecule has 0 rings (SSSR count). The predicted octanol–water partition coefficient (Wildman–Crippen LogP) is 2.28. The maximum atomic E-state index is 3.58. The fourth-order valence-corrected chi connectivity index (χ4v) is 2.51. The van der Waals surface area contributed by atoms with Gasteiger partial charge in [0.05, 0.1) is 0 Å². The molecule has 0 saturated heterocycles. The lowest BCUT2D eigenvalue weighted by atomic mass is 10.1. The minimum absolute atomic E-state index is 0.608. The molecule has 18 heavy (non-hydrogen) atoms. The van der Waals surface area contributed by atoms with Crippen molar-refractivity contribution >= 4 is 0 Å². The minimum Gasteiger partial charge on any atom is -0.315 e. The Balaban J connectivity index is 3.98. The van der Waals surface area contributed by atoms with Gasteiger partial charge in [-0.3, -0.25) is 4.90 Å². The molecule has 0 aromatic heterocycles. The van der Waals surface area contributed by atoms with E-state index in [-0.39, 0.29) is 0 Å². The van der Waals surface area contributed by atoms with Crippen molar-refractivity contribution in [1.82, 2.24) is 15.1 Å². The van der Waals surface area contributed by atoms with E-state index in [1.807, 2.05) is 0 Å². The zero-order chi connectivity index (χ0) is 14.1. The molecule has 0 heterocycles. The number of hydrogen-bond acceptors (Lipinski definition) is 3. The van der Waals surface area contributed by atoms with Crippen molar-refractivity contribution in [1.29, 1.82) is 0 Å². The first kappa shape index (κ1) is 17.9. The van der Waals surface area contributed by atoms with Crippen molar-refractivity contribution in [2.45, 2.75) is 53.1 Å². The van der Waals surface area contributed by atoms with Gasteiger partial charge in [0.25, 0.3) is 0 Å². The summed E-state index contributed by atoms with van der Waals surface area (Å²) in [5.74, 6) is 0.794. The lowest BCUT2D eigenvalue weighted by molar-refractivity contribution is 0.134. The number of nitrogens with one attached hydrogen (secondary N) is 1. The standard InChI is InChI=1S/C15H35N3/c1-8-18(15(5)12-17(6)7)14(4)11-16-10-9-13(2)3/h13-16H,8-12H2,1-7H3. The van der Waals surface area contributed by atoms with Gasteiger partial charge in [-0.15, -0.1) is 0 Å². The van der Waals surface area contributed by atoms with Crippen molar-refractivity contribution in [2.75, 3.05) is 40.3 Å². The third-order valence-electron chi connectivity index (χ3n) is 3.47. The largest absolute Gasteiger partial charge is 0.315 e. The summed E-state index contributed by atoms with van der Waals surface area (Å²) < 4.78 is 0. The van der Waals surface area contributed by atoms with E-state index >= 15 is 0 Å². The van der Waals surface area contributed by atoms with E-state index in [1.165, 1.54) is 6.42 Å². The molecule has 0 aromatic carbocycles. The Bertz CT molecular complexity index is 192. The number of likely N-dealkylation sites (N-methyl/N-ethyl adjacent to an activating group) is 2. The molecule has 0 aliphatic carbocycles. The molecule has 0 spiro atoms. The first-order valence-corrected chi connectivity index (χ1v) is 7.49. The van der Waals surface area contributed by atoms with Gasteiger partial charge in [0.15, 0.2) is 0 Å². The predicted molar refractivity (Wildman–Crippen MR) is 82.2 cm³/mol. The van der Waals surface area contributed by atoms with Gasteiger partial charge in [0.1, 0.15) is 0 Å². The number of rotatable bonds is 10. The molecule has 0 amide bonds. The fraction of sp³-hybridized carbons (Fsp3) is 1.00. The van der Waals surface area contributed by atoms with E-state index in [0.717, 1.165) is 32.1 Å². The van der Waals surface area contributed by atoms with Gasteiger partial charge in [-0.25, -0.2) is 0 Å². The molecule has 2 atom stereocenters. The Morgan fingerprint density at radius 1 is 1.00 bits per heavy atom. The quantitative estimate of drug-likeness (QED) is 0.606. The van der Waals surface area contributed by atoms with Crippen LogP contribution in [0.25, 0.3) is 0 Å². The monoisotopic (exact) mass is 257 g/mol. The normalized spacial score (nSPS) is 15.7. The highest BCUT2D eigenvalue weighted by Gasteiger charge is 2.18. The van der Waals surface area contributed by atoms with Crippen LogP contribution in [0.3, 0.4) is 0 Å². The Labute approximate surface area is 115 Å². The second-order valence-electron chi connectivity index (χ2n) is 6.18. The molecule has 3 nitrogen and oxygen atoms in total. The van der Waals surface area contributed by atoms with Crippen molar-refractivity contribution in [3.8, 4) is 0 Å². The van der Waals surface area contributed by atoms with Crippen LogP contribution in [0.5, 0.6) is 0 Å². The smallest absolute Gasteiger partial charge is 0.0197 e. The van der Waals surface area contributed by atoms with E-state index in [9.17, 15) is 0 Å². The van der Waals surface area contributed by atoms with Gasteiger partial charge in [-0.2, -0.15) is 0 Å². The molecule has 110 valence electrons. The average molecular weight is 257 g/mol. The Kier molecular flexibility index (Phi) is 9.70. The fourth-order valence-electron chi connectivity index (χ4n) is 2.51. The minimum atomic E-state index is 0.608. The molecule has 0 aliphatic heterocycles. The second kappa shape index (κ2) is 9.76. The SMILES string of the molecule is CCN(C(C)CNCCC(C)C)C(C)CN(C)C. The van der Waals surface area contributed by atoms with Crippen molar-refractivity contribution in [3.63, 3.8) is 0 Å². The van der Waals surface area contributed by atoms with Crippen LogP contribution in [0.4, 0.5) is 0 Å². The Morgan fingerprint density at radius 2 is 1.61 bits per heavy atom. The van der Waals surface area contributed by atoms with Crippen LogP contribution in [0.2, 0.25) is 0 Å². The lowest BCUT2D eigenvalue weighted by Crippen LogP contribution is -2.48. The maximum absolute atomic E-state index is 3.58. The van der Waals surface area contributed by atoms with E-state index in [1.54, 1.807) is 0 Å². The summed E-state index contributed by atoms with van der Waals surface area (Å²) in [6.45, 7) is 16.0. The Hall–Kier alpha value is -0.120. The van der Waals surface area contributed by atoms with Crippen LogP contribution in [-0.2, 0) is 0 Å². The zero-order valence-electron chi connectivity index (χ0n) is 13.7. The summed E-state index contributed by atoms with van der Waals surface area (Å²) in [6, 6.07) is 1.23. The van der Waals surface area contributed by atoms with Crippen LogP contribution >= 0.6 is 0 Å². The third-order valence-corrected chi connectivity index (χ3v) is 3.47. The number of nitrogens with zero attached hydrogens (tertiary/aromatic N) is 2. The average Bonchev–Trinajstić information content (AvgIpc) is 2.24. The lowest BCUT2D eigenvalue weighted by Gasteiger charge is -2.35. The zero-order valence-corrected chi connectivity index (χ0v) is 13.7. The summed E-state index contributed by atoms with van der Waals surface area (Å²) in [7, 11) is 4.30. The summed E-state index contributed by atoms with van der Waals surface area (Å²) >= 11 is 0. The highest BCUT2D eigenvalue weighted by Crippen LogP contribution is 2.06. The van der Waals surface area contributed by atoms with Crippen LogP contribution < -0.4 is 5.32 Å². The molecule has 0 radical (unpaired) electrons. The molecule has 2 unspecified atom stereocenters. The highest BCUT2D eigenvalue weighted by atomic mass is 15.2. The van der Waals surface area contributed by atoms with Gasteiger partial charge in [-0.05, 0) is 53.4 Å². The van der Waals surface area contributed by atoms with E-state index in [2.05, 4.69) is 63.8 Å². The molecule has 3 heteroatoms. The van der Waals surface area contributed by atoms with Crippen LogP contribution in [0, 0.1) is 5.92 Å². The Morgan fingerprint density at radius 3 is 2.06 bits per heavy atom. The summed E-state index contributed by atoms with van der Waals surface area (Å²) in [6.07, 6.45) is 1.27. The van der Waals surface area contributed by atoms with Crippen molar-refractivity contribution in [3.05, 3.63) is 0 Å². The van der Waals surface area contributed by atoms with Crippen LogP contribution in [0.1, 0.15) is 41.0 Å². The molecular weight excluding hydrogens is 222 g/mol. The maximum Gasteiger partial charge on any atom is 0.0197 e. The van der Waals surface area contributed by atoms with Gasteiger partial charge in [0, 0.05) is 25.2 Å². The summed E-state index contributed by atoms with van der Waals surface area (Å²) in [5, 5.41) is 3.58. The van der Waals surface area contributed by atoms with E-state index in [4.69, 9.17) is 0 Å². The van der Waals surface area contributed by atoms with Crippen LogP contribution in [0.15, 0.2) is 0 Å². The van der Waals surface area contributed by atoms with Crippen molar-refractivity contribution < 1.29 is 0 Å². The van der Waals surface area contributed by atoms with Gasteiger partial charge in [0.2, 0.25) is 0 Å². The van der Waals surface area contributed by atoms with Gasteiger partial charge in [-0.1, -0.05) is 20.8 Å². The third kappa shape index (κ3) is 8.06. The van der Waals surface area contributed by atoms with E-state index < -0.39 is 0 Å². The first-order valence-electron chi connectivity index (χ1n) is 7.49. The molecule has 0 bridgehead atoms. The van der Waals surface area contributed by atoms with E-state index in [0.29, 0.717) is 12.1 Å². The second-order valence-corrected chi connectivity index (χ2v) is 6.18. The molecule has 0 saturated carbocycles. The summed E-state index contributed by atoms with van der Waals surface area (Å²) in [4.78, 5) is 4.86. The van der Waals surface area contributed by atoms with Crippen LogP contribution in [-0.4, -0.2) is 62.2 Å². The number of hydrogen-bond donors (Lipinski definition) is 1. The first-order chi connectivity index (χ1) is 8.38.